The number of benzene rings is 3. The number of methoxy groups -OCH3 is 1. The second-order valence-corrected chi connectivity index (χ2v) is 7.99. The molecule has 0 unspecified atom stereocenters. The van der Waals surface area contributed by atoms with Crippen LogP contribution >= 0.6 is 23.2 Å². The average molecular weight is 540 g/mol. The minimum Gasteiger partial charge on any atom is -0.493 e. The lowest BCUT2D eigenvalue weighted by atomic mass is 10.2. The van der Waals surface area contributed by atoms with E-state index in [2.05, 4.69) is 10.4 Å². The van der Waals surface area contributed by atoms with Crippen molar-refractivity contribution >= 4 is 46.9 Å². The fraction of sp³-hybridized carbons (Fsp3) is 0.125. The van der Waals surface area contributed by atoms with Crippen molar-refractivity contribution in [2.75, 3.05) is 12.4 Å². The van der Waals surface area contributed by atoms with E-state index in [9.17, 15) is 22.8 Å². The minimum atomic E-state index is -4.58. The lowest BCUT2D eigenvalue weighted by Gasteiger charge is -2.12. The standard InChI is InChI=1S/C24H18Cl2F3N3O4/c1-35-21-10-14(6-8-20(21)36-13-15-5-7-18(25)19(26)9-15)12-30-32-23(34)22(33)31-17-4-2-3-16(11-17)24(27,28)29/h2-12H,13H2,1H3,(H,31,33)(H,32,34)/b30-12-. The van der Waals surface area contributed by atoms with Gasteiger partial charge in [0.2, 0.25) is 0 Å². The molecule has 0 spiro atoms. The summed E-state index contributed by atoms with van der Waals surface area (Å²) >= 11 is 11.9. The number of halogens is 5. The van der Waals surface area contributed by atoms with Gasteiger partial charge in [0.1, 0.15) is 6.61 Å². The second kappa shape index (κ2) is 11.8. The van der Waals surface area contributed by atoms with Crippen molar-refractivity contribution in [3.05, 3.63) is 87.4 Å². The van der Waals surface area contributed by atoms with E-state index >= 15 is 0 Å². The van der Waals surface area contributed by atoms with Crippen molar-refractivity contribution in [2.24, 2.45) is 5.10 Å². The summed E-state index contributed by atoms with van der Waals surface area (Å²) in [5.74, 6) is -1.54. The van der Waals surface area contributed by atoms with Crippen LogP contribution in [0.2, 0.25) is 10.0 Å². The van der Waals surface area contributed by atoms with Crippen LogP contribution in [0.3, 0.4) is 0 Å². The highest BCUT2D eigenvalue weighted by Gasteiger charge is 2.30. The molecule has 3 aromatic rings. The first-order chi connectivity index (χ1) is 17.1. The van der Waals surface area contributed by atoms with Gasteiger partial charge in [0, 0.05) is 5.69 Å². The quantitative estimate of drug-likeness (QED) is 0.229. The van der Waals surface area contributed by atoms with Crippen molar-refractivity contribution in [1.29, 1.82) is 0 Å². The number of hydrazone groups is 1. The Morgan fingerprint density at radius 3 is 2.44 bits per heavy atom. The van der Waals surface area contributed by atoms with Gasteiger partial charge >= 0.3 is 18.0 Å². The highest BCUT2D eigenvalue weighted by molar-refractivity contribution is 6.42. The molecule has 0 radical (unpaired) electrons. The molecule has 0 saturated heterocycles. The third-order valence-corrected chi connectivity index (χ3v) is 5.34. The Hall–Kier alpha value is -3.76. The zero-order valence-electron chi connectivity index (χ0n) is 18.5. The molecular formula is C24H18Cl2F3N3O4. The molecule has 7 nitrogen and oxygen atoms in total. The molecule has 0 aromatic heterocycles. The molecule has 0 fully saturated rings. The predicted molar refractivity (Wildman–Crippen MR) is 130 cm³/mol. The van der Waals surface area contributed by atoms with Crippen LogP contribution in [-0.2, 0) is 22.4 Å². The Labute approximate surface area is 213 Å². The number of anilines is 1. The fourth-order valence-corrected chi connectivity index (χ4v) is 3.17. The van der Waals surface area contributed by atoms with Crippen LogP contribution in [0.25, 0.3) is 0 Å². The van der Waals surface area contributed by atoms with Crippen LogP contribution in [0.4, 0.5) is 18.9 Å². The van der Waals surface area contributed by atoms with Gasteiger partial charge in [0.25, 0.3) is 0 Å². The molecule has 0 bridgehead atoms. The molecule has 0 aliphatic rings. The van der Waals surface area contributed by atoms with Crippen molar-refractivity contribution in [3.8, 4) is 11.5 Å². The molecule has 0 heterocycles. The Morgan fingerprint density at radius 2 is 1.75 bits per heavy atom. The van der Waals surface area contributed by atoms with Crippen molar-refractivity contribution in [3.63, 3.8) is 0 Å². The number of hydrogen-bond acceptors (Lipinski definition) is 5. The zero-order chi connectivity index (χ0) is 26.3. The van der Waals surface area contributed by atoms with Crippen LogP contribution in [0.15, 0.2) is 65.8 Å². The molecule has 2 N–H and O–H groups in total. The lowest BCUT2D eigenvalue weighted by molar-refractivity contribution is -0.137. The van der Waals surface area contributed by atoms with Gasteiger partial charge in [0.15, 0.2) is 11.5 Å². The summed E-state index contributed by atoms with van der Waals surface area (Å²) in [6.07, 6.45) is -3.33. The number of alkyl halides is 3. The number of rotatable bonds is 7. The first kappa shape index (κ1) is 26.8. The molecule has 0 atom stereocenters. The van der Waals surface area contributed by atoms with E-state index in [1.54, 1.807) is 36.4 Å². The van der Waals surface area contributed by atoms with Crippen molar-refractivity contribution in [2.45, 2.75) is 12.8 Å². The summed E-state index contributed by atoms with van der Waals surface area (Å²) in [6.45, 7) is 0.206. The number of nitrogens with one attached hydrogen (secondary N) is 2. The van der Waals surface area contributed by atoms with Crippen LogP contribution < -0.4 is 20.2 Å². The number of nitrogens with zero attached hydrogens (tertiary/aromatic N) is 1. The Bertz CT molecular complexity index is 1300. The normalized spacial score (nSPS) is 11.3. The topological polar surface area (TPSA) is 89.0 Å². The molecule has 12 heteroatoms. The first-order valence-corrected chi connectivity index (χ1v) is 10.9. The van der Waals surface area contributed by atoms with E-state index in [-0.39, 0.29) is 12.3 Å². The number of carbonyl (C=O) groups is 2. The Morgan fingerprint density at radius 1 is 0.972 bits per heavy atom. The van der Waals surface area contributed by atoms with Crippen LogP contribution in [0, 0.1) is 0 Å². The van der Waals surface area contributed by atoms with E-state index in [1.165, 1.54) is 19.4 Å². The van der Waals surface area contributed by atoms with E-state index in [0.717, 1.165) is 17.7 Å². The lowest BCUT2D eigenvalue weighted by Crippen LogP contribution is -2.32. The number of amides is 2. The zero-order valence-corrected chi connectivity index (χ0v) is 20.0. The monoisotopic (exact) mass is 539 g/mol. The van der Waals surface area contributed by atoms with Gasteiger partial charge < -0.3 is 14.8 Å². The maximum atomic E-state index is 12.8. The summed E-state index contributed by atoms with van der Waals surface area (Å²) in [7, 11) is 1.45. The van der Waals surface area contributed by atoms with Crippen LogP contribution in [0.5, 0.6) is 11.5 Å². The van der Waals surface area contributed by atoms with Crippen molar-refractivity contribution < 1.29 is 32.2 Å². The Balaban J connectivity index is 1.57. The van der Waals surface area contributed by atoms with E-state index in [4.69, 9.17) is 32.7 Å². The molecular weight excluding hydrogens is 522 g/mol. The highest BCUT2D eigenvalue weighted by Crippen LogP contribution is 2.31. The van der Waals surface area contributed by atoms with Gasteiger partial charge in [-0.2, -0.15) is 18.3 Å². The minimum absolute atomic E-state index is 0.185. The third kappa shape index (κ3) is 7.37. The van der Waals surface area contributed by atoms with Crippen LogP contribution in [0.1, 0.15) is 16.7 Å². The van der Waals surface area contributed by atoms with E-state index in [0.29, 0.717) is 33.2 Å². The van der Waals surface area contributed by atoms with E-state index < -0.39 is 23.6 Å². The molecule has 0 saturated carbocycles. The predicted octanol–water partition coefficient (Wildman–Crippen LogP) is 5.69. The number of ether oxygens (including phenoxy) is 2. The van der Waals surface area contributed by atoms with Gasteiger partial charge in [-0.05, 0) is 59.7 Å². The van der Waals surface area contributed by atoms with Gasteiger partial charge in [-0.1, -0.05) is 35.3 Å². The Kier molecular flexibility index (Phi) is 8.78. The number of hydrogen-bond donors (Lipinski definition) is 2. The van der Waals surface area contributed by atoms with Crippen molar-refractivity contribution in [1.82, 2.24) is 5.43 Å². The summed E-state index contributed by atoms with van der Waals surface area (Å²) < 4.78 is 49.4. The molecule has 2 amide bonds. The van der Waals surface area contributed by atoms with Gasteiger partial charge in [0.05, 0.1) is 28.9 Å². The molecule has 188 valence electrons. The summed E-state index contributed by atoms with van der Waals surface area (Å²) in [5, 5.41) is 6.61. The molecule has 3 aromatic carbocycles. The van der Waals surface area contributed by atoms with Crippen LogP contribution in [-0.4, -0.2) is 25.1 Å². The summed E-state index contributed by atoms with van der Waals surface area (Å²) in [5.41, 5.74) is 2.16. The van der Waals surface area contributed by atoms with Gasteiger partial charge in [-0.25, -0.2) is 5.43 Å². The molecule has 0 aliphatic carbocycles. The third-order valence-electron chi connectivity index (χ3n) is 4.60. The maximum Gasteiger partial charge on any atom is 0.416 e. The molecule has 36 heavy (non-hydrogen) atoms. The second-order valence-electron chi connectivity index (χ2n) is 7.18. The summed E-state index contributed by atoms with van der Waals surface area (Å²) in [6, 6.07) is 13.8. The SMILES string of the molecule is COc1cc(/C=N\NC(=O)C(=O)Nc2cccc(C(F)(F)F)c2)ccc1OCc1ccc(Cl)c(Cl)c1. The number of carbonyl (C=O) groups excluding carboxylic acids is 2. The first-order valence-electron chi connectivity index (χ1n) is 10.1. The van der Waals surface area contributed by atoms with Gasteiger partial charge in [-0.15, -0.1) is 0 Å². The highest BCUT2D eigenvalue weighted by atomic mass is 35.5. The fourth-order valence-electron chi connectivity index (χ4n) is 2.85. The molecule has 3 rings (SSSR count). The molecule has 0 aliphatic heterocycles. The smallest absolute Gasteiger partial charge is 0.416 e. The largest absolute Gasteiger partial charge is 0.493 e. The van der Waals surface area contributed by atoms with E-state index in [1.807, 2.05) is 5.43 Å². The van der Waals surface area contributed by atoms with Gasteiger partial charge in [-0.3, -0.25) is 9.59 Å². The summed E-state index contributed by atoms with van der Waals surface area (Å²) in [4.78, 5) is 23.9. The average Bonchev–Trinajstić information content (AvgIpc) is 2.84. The maximum absolute atomic E-state index is 12.8.